The summed E-state index contributed by atoms with van der Waals surface area (Å²) in [7, 11) is 0. The van der Waals surface area contributed by atoms with E-state index in [0.717, 1.165) is 74.5 Å². The quantitative estimate of drug-likeness (QED) is 0.442. The normalized spacial score (nSPS) is 18.9. The first kappa shape index (κ1) is 25.9. The molecule has 4 aliphatic rings. The zero-order valence-corrected chi connectivity index (χ0v) is 22.7. The lowest BCUT2D eigenvalue weighted by molar-refractivity contribution is -0.115. The molecule has 6 rings (SSSR count). The van der Waals surface area contributed by atoms with Gasteiger partial charge in [-0.05, 0) is 78.8 Å². The molecule has 0 radical (unpaired) electrons. The number of amides is 2. The average molecular weight is 534 g/mol. The molecule has 0 atom stereocenters. The van der Waals surface area contributed by atoms with Crippen molar-refractivity contribution in [3.63, 3.8) is 0 Å². The minimum Gasteiger partial charge on any atom is -0.372 e. The predicted molar refractivity (Wildman–Crippen MR) is 161 cm³/mol. The van der Waals surface area contributed by atoms with Gasteiger partial charge in [0.25, 0.3) is 5.91 Å². The Balaban J connectivity index is 1.33. The number of rotatable bonds is 6. The summed E-state index contributed by atoms with van der Waals surface area (Å²) < 4.78 is 0. The second-order valence-corrected chi connectivity index (χ2v) is 10.6. The van der Waals surface area contributed by atoms with Crippen LogP contribution in [0.5, 0.6) is 0 Å². The summed E-state index contributed by atoms with van der Waals surface area (Å²) in [6, 6.07) is 15.6. The van der Waals surface area contributed by atoms with Crippen molar-refractivity contribution in [2.24, 2.45) is 0 Å². The summed E-state index contributed by atoms with van der Waals surface area (Å²) >= 11 is 0. The molecule has 0 saturated carbocycles. The van der Waals surface area contributed by atoms with Gasteiger partial charge in [0.05, 0.1) is 23.5 Å². The van der Waals surface area contributed by atoms with Crippen LogP contribution in [0.25, 0.3) is 0 Å². The van der Waals surface area contributed by atoms with Gasteiger partial charge in [0.15, 0.2) is 0 Å². The lowest BCUT2D eigenvalue weighted by Gasteiger charge is -2.33. The number of carbonyl (C=O) groups is 2. The summed E-state index contributed by atoms with van der Waals surface area (Å²) in [6.45, 7) is 8.17. The maximum absolute atomic E-state index is 14.3. The number of allylic oxidation sites excluding steroid dienone is 6. The summed E-state index contributed by atoms with van der Waals surface area (Å²) in [5.41, 5.74) is 8.88. The number of nitrogens with zero attached hydrogens (tertiary/aromatic N) is 2. The van der Waals surface area contributed by atoms with Crippen LogP contribution in [0.1, 0.15) is 31.2 Å². The lowest BCUT2D eigenvalue weighted by Crippen LogP contribution is -2.43. The summed E-state index contributed by atoms with van der Waals surface area (Å²) in [5.74, 6) is -0.328. The number of fused-ring (bicyclic) bond motifs is 1. The van der Waals surface area contributed by atoms with Gasteiger partial charge in [0.1, 0.15) is 0 Å². The van der Waals surface area contributed by atoms with Crippen LogP contribution < -0.4 is 20.9 Å². The smallest absolute Gasteiger partial charge is 0.260 e. The molecule has 2 heterocycles. The first-order valence-electron chi connectivity index (χ1n) is 14.1. The Kier molecular flexibility index (Phi) is 7.38. The molecular weight excluding hydrogens is 498 g/mol. The highest BCUT2D eigenvalue weighted by Crippen LogP contribution is 2.40. The van der Waals surface area contributed by atoms with Crippen LogP contribution in [0.4, 0.5) is 17.1 Å². The number of nitrogens with one attached hydrogen (secondary N) is 3. The average Bonchev–Trinajstić information content (AvgIpc) is 3.12. The number of anilines is 3. The topological polar surface area (TPSA) is 76.7 Å². The number of hydrogen-bond acceptors (Lipinski definition) is 5. The van der Waals surface area contributed by atoms with Gasteiger partial charge in [-0.2, -0.15) is 0 Å². The first-order chi connectivity index (χ1) is 19.6. The van der Waals surface area contributed by atoms with Gasteiger partial charge in [-0.25, -0.2) is 0 Å². The van der Waals surface area contributed by atoms with E-state index in [2.05, 4.69) is 45.7 Å². The molecule has 40 heavy (non-hydrogen) atoms. The Morgan fingerprint density at radius 2 is 1.77 bits per heavy atom. The Morgan fingerprint density at radius 3 is 2.52 bits per heavy atom. The molecular formula is C33H35N5O2. The van der Waals surface area contributed by atoms with Crippen LogP contribution in [-0.2, 0) is 16.1 Å². The van der Waals surface area contributed by atoms with E-state index in [1.165, 1.54) is 22.9 Å². The number of benzene rings is 2. The second-order valence-electron chi connectivity index (χ2n) is 10.6. The van der Waals surface area contributed by atoms with Crippen molar-refractivity contribution in [1.82, 2.24) is 10.2 Å². The molecule has 0 bridgehead atoms. The maximum Gasteiger partial charge on any atom is 0.260 e. The zero-order chi connectivity index (χ0) is 27.5. The second kappa shape index (κ2) is 11.4. The van der Waals surface area contributed by atoms with E-state index in [4.69, 9.17) is 0 Å². The van der Waals surface area contributed by atoms with E-state index in [1.807, 2.05) is 53.4 Å². The fourth-order valence-corrected chi connectivity index (χ4v) is 5.88. The SMILES string of the molecule is C=CC(=O)Nc1ccc2c(c1)N(Cc1ccccc1)C(=O)C1=C(CCC(C3=CC=C(N4CCNCC4)CC3)=C1)N2. The summed E-state index contributed by atoms with van der Waals surface area (Å²) in [4.78, 5) is 30.6. The molecule has 7 heteroatoms. The largest absolute Gasteiger partial charge is 0.372 e. The van der Waals surface area contributed by atoms with Crippen LogP contribution >= 0.6 is 0 Å². The van der Waals surface area contributed by atoms with E-state index < -0.39 is 0 Å². The fraction of sp³-hybridized carbons (Fsp3) is 0.273. The Morgan fingerprint density at radius 1 is 0.975 bits per heavy atom. The highest BCUT2D eigenvalue weighted by Gasteiger charge is 2.31. The predicted octanol–water partition coefficient (Wildman–Crippen LogP) is 5.25. The number of piperazine rings is 1. The number of hydrogen-bond donors (Lipinski definition) is 3. The molecule has 0 spiro atoms. The molecule has 2 aromatic rings. The van der Waals surface area contributed by atoms with Crippen molar-refractivity contribution in [3.8, 4) is 0 Å². The molecule has 2 amide bonds. The molecule has 1 saturated heterocycles. The minimum atomic E-state index is -0.289. The highest BCUT2D eigenvalue weighted by atomic mass is 16.2. The Bertz CT molecular complexity index is 1460. The van der Waals surface area contributed by atoms with Gasteiger partial charge in [0.2, 0.25) is 5.91 Å². The molecule has 2 aliphatic carbocycles. The maximum atomic E-state index is 14.3. The van der Waals surface area contributed by atoms with Gasteiger partial charge >= 0.3 is 0 Å². The molecule has 7 nitrogen and oxygen atoms in total. The van der Waals surface area contributed by atoms with Gasteiger partial charge in [-0.15, -0.1) is 0 Å². The molecule has 204 valence electrons. The van der Waals surface area contributed by atoms with Gasteiger partial charge in [-0.3, -0.25) is 9.59 Å². The highest BCUT2D eigenvalue weighted by molar-refractivity contribution is 6.12. The van der Waals surface area contributed by atoms with Crippen molar-refractivity contribution >= 4 is 28.9 Å². The van der Waals surface area contributed by atoms with Crippen LogP contribution in [-0.4, -0.2) is 42.9 Å². The van der Waals surface area contributed by atoms with Gasteiger partial charge < -0.3 is 25.8 Å². The zero-order valence-electron chi connectivity index (χ0n) is 22.7. The summed E-state index contributed by atoms with van der Waals surface area (Å²) in [6.07, 6.45) is 11.6. The van der Waals surface area contributed by atoms with E-state index in [1.54, 1.807) is 0 Å². The van der Waals surface area contributed by atoms with E-state index in [9.17, 15) is 9.59 Å². The lowest BCUT2D eigenvalue weighted by atomic mass is 9.86. The van der Waals surface area contributed by atoms with Gasteiger partial charge in [-0.1, -0.05) is 43.0 Å². The molecule has 3 N–H and O–H groups in total. The third kappa shape index (κ3) is 5.38. The first-order valence-corrected chi connectivity index (χ1v) is 14.1. The van der Waals surface area contributed by atoms with Crippen molar-refractivity contribution in [1.29, 1.82) is 0 Å². The van der Waals surface area contributed by atoms with Crippen LogP contribution in [0.3, 0.4) is 0 Å². The Hall–Kier alpha value is -4.36. The van der Waals surface area contributed by atoms with Crippen LogP contribution in [0.2, 0.25) is 0 Å². The van der Waals surface area contributed by atoms with E-state index >= 15 is 0 Å². The molecule has 2 aromatic carbocycles. The standard InChI is InChI=1S/C33H35N5O2/c1-2-32(39)35-26-11-15-30-31(21-26)38(22-23-6-4-3-5-7-23)33(40)28-20-25(10-14-29(28)36-30)24-8-12-27(13-9-24)37-18-16-34-17-19-37/h2-8,11-12,15,20-21,34,36H,1,9-10,13-14,16-19,22H2,(H,35,39). The van der Waals surface area contributed by atoms with E-state index in [0.29, 0.717) is 17.8 Å². The fourth-order valence-electron chi connectivity index (χ4n) is 5.88. The third-order valence-corrected chi connectivity index (χ3v) is 8.04. The van der Waals surface area contributed by atoms with E-state index in [-0.39, 0.29) is 11.8 Å². The van der Waals surface area contributed by atoms with Gasteiger partial charge in [0, 0.05) is 43.3 Å². The number of carbonyl (C=O) groups excluding carboxylic acids is 2. The van der Waals surface area contributed by atoms with Crippen molar-refractivity contribution in [2.75, 3.05) is 41.7 Å². The Labute approximate surface area is 235 Å². The molecule has 0 aromatic heterocycles. The van der Waals surface area contributed by atoms with Crippen molar-refractivity contribution in [2.45, 2.75) is 32.2 Å². The van der Waals surface area contributed by atoms with Crippen molar-refractivity contribution in [3.05, 3.63) is 113 Å². The minimum absolute atomic E-state index is 0.0389. The van der Waals surface area contributed by atoms with Crippen LogP contribution in [0, 0.1) is 0 Å². The third-order valence-electron chi connectivity index (χ3n) is 8.04. The molecule has 1 fully saturated rings. The van der Waals surface area contributed by atoms with Crippen molar-refractivity contribution < 1.29 is 9.59 Å². The molecule has 0 unspecified atom stereocenters. The molecule has 2 aliphatic heterocycles. The monoisotopic (exact) mass is 533 g/mol. The van der Waals surface area contributed by atoms with Crippen LogP contribution in [0.15, 0.2) is 108 Å². The summed E-state index contributed by atoms with van der Waals surface area (Å²) in [5, 5.41) is 9.83.